The summed E-state index contributed by atoms with van der Waals surface area (Å²) in [6, 6.07) is 4.22. The predicted octanol–water partition coefficient (Wildman–Crippen LogP) is 2.35. The molecule has 0 saturated carbocycles. The lowest BCUT2D eigenvalue weighted by Gasteiger charge is -2.33. The predicted molar refractivity (Wildman–Crippen MR) is 83.6 cm³/mol. The van der Waals surface area contributed by atoms with Crippen LogP contribution in [0.3, 0.4) is 0 Å². The first-order valence-corrected chi connectivity index (χ1v) is 7.72. The van der Waals surface area contributed by atoms with Gasteiger partial charge in [0.1, 0.15) is 12.1 Å². The van der Waals surface area contributed by atoms with Crippen LogP contribution in [0.15, 0.2) is 37.1 Å². The second kappa shape index (κ2) is 6.60. The Morgan fingerprint density at radius 2 is 2.32 bits per heavy atom. The Labute approximate surface area is 130 Å². The smallest absolute Gasteiger partial charge is 0.317 e. The van der Waals surface area contributed by atoms with Crippen molar-refractivity contribution >= 4 is 6.03 Å². The lowest BCUT2D eigenvalue weighted by molar-refractivity contribution is 0.158. The number of aromatic nitrogens is 3. The van der Waals surface area contributed by atoms with Gasteiger partial charge < -0.3 is 10.2 Å². The number of carbonyl (C=O) groups excluding carboxylic acids is 1. The molecule has 22 heavy (non-hydrogen) atoms. The fraction of sp³-hybridized carbons (Fsp3) is 0.438. The number of piperidine rings is 1. The summed E-state index contributed by atoms with van der Waals surface area (Å²) in [6.45, 7) is 3.47. The lowest BCUT2D eigenvalue weighted by atomic mass is 10.0. The molecular formula is C16H21N5O. The number of hydrogen-bond acceptors (Lipinski definition) is 3. The van der Waals surface area contributed by atoms with Crippen molar-refractivity contribution in [3.8, 4) is 5.82 Å². The number of carbonyl (C=O) groups is 1. The van der Waals surface area contributed by atoms with E-state index in [-0.39, 0.29) is 6.03 Å². The molecule has 116 valence electrons. The van der Waals surface area contributed by atoms with Crippen LogP contribution in [0.5, 0.6) is 0 Å². The number of amides is 2. The molecule has 1 aliphatic heterocycles. The van der Waals surface area contributed by atoms with E-state index in [9.17, 15) is 4.79 Å². The minimum absolute atomic E-state index is 0.0215. The van der Waals surface area contributed by atoms with Crippen molar-refractivity contribution in [3.63, 3.8) is 0 Å². The molecule has 0 radical (unpaired) electrons. The van der Waals surface area contributed by atoms with Crippen molar-refractivity contribution < 1.29 is 4.79 Å². The third-order valence-electron chi connectivity index (χ3n) is 4.09. The summed E-state index contributed by atoms with van der Waals surface area (Å²) in [5.41, 5.74) is 1.02. The number of imidazole rings is 1. The molecule has 1 atom stereocenters. The van der Waals surface area contributed by atoms with E-state index in [2.05, 4.69) is 22.2 Å². The van der Waals surface area contributed by atoms with Gasteiger partial charge in [0.15, 0.2) is 0 Å². The van der Waals surface area contributed by atoms with Crippen molar-refractivity contribution in [2.24, 2.45) is 0 Å². The highest BCUT2D eigenvalue weighted by atomic mass is 16.2. The van der Waals surface area contributed by atoms with Gasteiger partial charge in [-0.1, -0.05) is 0 Å². The highest BCUT2D eigenvalue weighted by Crippen LogP contribution is 2.16. The molecule has 1 fully saturated rings. The van der Waals surface area contributed by atoms with Crippen LogP contribution in [0, 0.1) is 0 Å². The fourth-order valence-corrected chi connectivity index (χ4v) is 2.79. The van der Waals surface area contributed by atoms with Crippen molar-refractivity contribution in [2.75, 3.05) is 6.54 Å². The van der Waals surface area contributed by atoms with E-state index < -0.39 is 0 Å². The van der Waals surface area contributed by atoms with Gasteiger partial charge in [-0.2, -0.15) is 0 Å². The first kappa shape index (κ1) is 14.6. The summed E-state index contributed by atoms with van der Waals surface area (Å²) >= 11 is 0. The molecular weight excluding hydrogens is 278 g/mol. The van der Waals surface area contributed by atoms with E-state index in [0.29, 0.717) is 12.6 Å². The zero-order chi connectivity index (χ0) is 15.4. The van der Waals surface area contributed by atoms with Gasteiger partial charge in [-0.3, -0.25) is 4.57 Å². The van der Waals surface area contributed by atoms with Crippen molar-refractivity contribution in [3.05, 3.63) is 42.6 Å². The second-order valence-electron chi connectivity index (χ2n) is 5.69. The van der Waals surface area contributed by atoms with E-state index >= 15 is 0 Å². The zero-order valence-electron chi connectivity index (χ0n) is 12.8. The maximum atomic E-state index is 12.3. The van der Waals surface area contributed by atoms with Gasteiger partial charge in [0, 0.05) is 37.7 Å². The highest BCUT2D eigenvalue weighted by molar-refractivity contribution is 5.74. The van der Waals surface area contributed by atoms with Crippen molar-refractivity contribution in [2.45, 2.75) is 38.8 Å². The quantitative estimate of drug-likeness (QED) is 0.946. The summed E-state index contributed by atoms with van der Waals surface area (Å²) in [5, 5.41) is 3.01. The Morgan fingerprint density at radius 3 is 3.09 bits per heavy atom. The summed E-state index contributed by atoms with van der Waals surface area (Å²) in [6.07, 6.45) is 10.4. The first-order chi connectivity index (χ1) is 10.7. The minimum atomic E-state index is 0.0215. The molecule has 2 aromatic heterocycles. The van der Waals surface area contributed by atoms with Crippen LogP contribution in [0.2, 0.25) is 0 Å². The SMILES string of the molecule is CC1CCCCN1C(=O)NCc1ccnc(-n2ccnc2)c1. The minimum Gasteiger partial charge on any atom is -0.334 e. The molecule has 0 aliphatic carbocycles. The molecule has 6 nitrogen and oxygen atoms in total. The third kappa shape index (κ3) is 3.27. The number of likely N-dealkylation sites (tertiary alicyclic amines) is 1. The Balaban J connectivity index is 1.61. The molecule has 1 aliphatic rings. The van der Waals surface area contributed by atoms with Crippen LogP contribution in [0.1, 0.15) is 31.7 Å². The molecule has 6 heteroatoms. The molecule has 1 N–H and O–H groups in total. The van der Waals surface area contributed by atoms with E-state index in [1.807, 2.05) is 27.8 Å². The second-order valence-corrected chi connectivity index (χ2v) is 5.69. The van der Waals surface area contributed by atoms with Gasteiger partial charge in [-0.15, -0.1) is 0 Å². The molecule has 3 rings (SSSR count). The first-order valence-electron chi connectivity index (χ1n) is 7.72. The highest BCUT2D eigenvalue weighted by Gasteiger charge is 2.22. The number of rotatable bonds is 3. The third-order valence-corrected chi connectivity index (χ3v) is 4.09. The fourth-order valence-electron chi connectivity index (χ4n) is 2.79. The van der Waals surface area contributed by atoms with E-state index in [0.717, 1.165) is 30.8 Å². The number of nitrogens with zero attached hydrogens (tertiary/aromatic N) is 4. The molecule has 0 spiro atoms. The van der Waals surface area contributed by atoms with Gasteiger partial charge >= 0.3 is 6.03 Å². The van der Waals surface area contributed by atoms with Gasteiger partial charge in [-0.05, 0) is 43.9 Å². The molecule has 2 aromatic rings. The Bertz CT molecular complexity index is 625. The number of pyridine rings is 1. The summed E-state index contributed by atoms with van der Waals surface area (Å²) in [7, 11) is 0. The molecule has 1 unspecified atom stereocenters. The molecule has 0 bridgehead atoms. The summed E-state index contributed by atoms with van der Waals surface area (Å²) < 4.78 is 1.85. The zero-order valence-corrected chi connectivity index (χ0v) is 12.8. The van der Waals surface area contributed by atoms with Gasteiger partial charge in [0.2, 0.25) is 0 Å². The lowest BCUT2D eigenvalue weighted by Crippen LogP contribution is -2.47. The normalized spacial score (nSPS) is 18.2. The topological polar surface area (TPSA) is 63.1 Å². The van der Waals surface area contributed by atoms with Crippen LogP contribution in [0.4, 0.5) is 4.79 Å². The molecule has 0 aromatic carbocycles. The van der Waals surface area contributed by atoms with E-state index in [1.165, 1.54) is 6.42 Å². The monoisotopic (exact) mass is 299 g/mol. The van der Waals surface area contributed by atoms with E-state index in [4.69, 9.17) is 0 Å². The molecule has 2 amide bonds. The summed E-state index contributed by atoms with van der Waals surface area (Å²) in [5.74, 6) is 0.801. The number of nitrogens with one attached hydrogen (secondary N) is 1. The average Bonchev–Trinajstić information content (AvgIpc) is 3.08. The van der Waals surface area contributed by atoms with Crippen LogP contribution >= 0.6 is 0 Å². The Hall–Kier alpha value is -2.37. The number of urea groups is 1. The Morgan fingerprint density at radius 1 is 1.41 bits per heavy atom. The Kier molecular flexibility index (Phi) is 4.37. The average molecular weight is 299 g/mol. The van der Waals surface area contributed by atoms with Gasteiger partial charge in [0.05, 0.1) is 0 Å². The van der Waals surface area contributed by atoms with Crippen LogP contribution in [0.25, 0.3) is 5.82 Å². The van der Waals surface area contributed by atoms with Gasteiger partial charge in [-0.25, -0.2) is 14.8 Å². The van der Waals surface area contributed by atoms with Crippen LogP contribution < -0.4 is 5.32 Å². The standard InChI is InChI=1S/C16H21N5O/c1-13-4-2-3-8-21(13)16(22)19-11-14-5-6-18-15(10-14)20-9-7-17-12-20/h5-7,9-10,12-13H,2-4,8,11H2,1H3,(H,19,22). The largest absolute Gasteiger partial charge is 0.334 e. The van der Waals surface area contributed by atoms with Crippen molar-refractivity contribution in [1.82, 2.24) is 24.8 Å². The van der Waals surface area contributed by atoms with Crippen molar-refractivity contribution in [1.29, 1.82) is 0 Å². The maximum Gasteiger partial charge on any atom is 0.317 e. The number of hydrogen-bond donors (Lipinski definition) is 1. The molecule has 1 saturated heterocycles. The van der Waals surface area contributed by atoms with Crippen LogP contribution in [-0.4, -0.2) is 38.1 Å². The van der Waals surface area contributed by atoms with Crippen LogP contribution in [-0.2, 0) is 6.54 Å². The van der Waals surface area contributed by atoms with Gasteiger partial charge in [0.25, 0.3) is 0 Å². The maximum absolute atomic E-state index is 12.3. The van der Waals surface area contributed by atoms with E-state index in [1.54, 1.807) is 18.7 Å². The summed E-state index contributed by atoms with van der Waals surface area (Å²) in [4.78, 5) is 22.5. The molecule has 3 heterocycles.